The van der Waals surface area contributed by atoms with Crippen LogP contribution in [0.25, 0.3) is 11.3 Å². The van der Waals surface area contributed by atoms with Gasteiger partial charge in [-0.3, -0.25) is 14.6 Å². The summed E-state index contributed by atoms with van der Waals surface area (Å²) in [6, 6.07) is 18.8. The van der Waals surface area contributed by atoms with E-state index in [9.17, 15) is 9.59 Å². The number of hydrogen-bond donors (Lipinski definition) is 1. The van der Waals surface area contributed by atoms with E-state index < -0.39 is 5.41 Å². The standard InChI is InChI=1S/C25H22N2O4/c1-26-24(29)17-7-5-16(6-8-17)20-4-2-3-19(27-20)14-23(28)25(11-12-25)18-9-10-21-22(13-18)31-15-30-21/h2-10,13H,11-12,14-15H2,1H3,(H,26,29). The van der Waals surface area contributed by atoms with Gasteiger partial charge in [-0.25, -0.2) is 0 Å². The molecule has 156 valence electrons. The van der Waals surface area contributed by atoms with E-state index in [0.717, 1.165) is 41.1 Å². The fourth-order valence-corrected chi connectivity index (χ4v) is 4.06. The third-order valence-corrected chi connectivity index (χ3v) is 6.03. The maximum atomic E-state index is 13.2. The van der Waals surface area contributed by atoms with Crippen molar-refractivity contribution in [2.45, 2.75) is 24.7 Å². The quantitative estimate of drug-likeness (QED) is 0.666. The summed E-state index contributed by atoms with van der Waals surface area (Å²) in [4.78, 5) is 29.7. The van der Waals surface area contributed by atoms with Gasteiger partial charge in [-0.15, -0.1) is 0 Å². The summed E-state index contributed by atoms with van der Waals surface area (Å²) in [7, 11) is 1.61. The lowest BCUT2D eigenvalue weighted by Gasteiger charge is -2.15. The molecule has 6 nitrogen and oxygen atoms in total. The van der Waals surface area contributed by atoms with Crippen molar-refractivity contribution in [3.63, 3.8) is 0 Å². The average molecular weight is 414 g/mol. The van der Waals surface area contributed by atoms with Gasteiger partial charge < -0.3 is 14.8 Å². The van der Waals surface area contributed by atoms with Gasteiger partial charge in [-0.2, -0.15) is 0 Å². The number of carbonyl (C=O) groups is 2. The molecule has 2 aliphatic rings. The molecule has 6 heteroatoms. The summed E-state index contributed by atoms with van der Waals surface area (Å²) < 4.78 is 10.9. The summed E-state index contributed by atoms with van der Waals surface area (Å²) in [6.45, 7) is 0.223. The van der Waals surface area contributed by atoms with Crippen LogP contribution in [0.5, 0.6) is 11.5 Å². The van der Waals surface area contributed by atoms with Gasteiger partial charge in [0.15, 0.2) is 11.5 Å². The maximum Gasteiger partial charge on any atom is 0.251 e. The Morgan fingerprint density at radius 1 is 1.00 bits per heavy atom. The van der Waals surface area contributed by atoms with Crippen LogP contribution >= 0.6 is 0 Å². The largest absolute Gasteiger partial charge is 0.454 e. The number of Topliss-reactive ketones (excluding diaryl/α,β-unsaturated/α-hetero) is 1. The number of carbonyl (C=O) groups excluding carboxylic acids is 2. The van der Waals surface area contributed by atoms with E-state index >= 15 is 0 Å². The number of nitrogens with one attached hydrogen (secondary N) is 1. The van der Waals surface area contributed by atoms with Crippen molar-refractivity contribution in [1.82, 2.24) is 10.3 Å². The third kappa shape index (κ3) is 3.54. The molecule has 1 aliphatic heterocycles. The summed E-state index contributed by atoms with van der Waals surface area (Å²) in [5.41, 5.74) is 3.55. The monoisotopic (exact) mass is 414 g/mol. The lowest BCUT2D eigenvalue weighted by molar-refractivity contribution is -0.120. The number of rotatable bonds is 6. The van der Waals surface area contributed by atoms with Crippen molar-refractivity contribution >= 4 is 11.7 Å². The average Bonchev–Trinajstić information content (AvgIpc) is 3.49. The highest BCUT2D eigenvalue weighted by atomic mass is 16.7. The molecule has 0 atom stereocenters. The number of hydrogen-bond acceptors (Lipinski definition) is 5. The maximum absolute atomic E-state index is 13.2. The van der Waals surface area contributed by atoms with Crippen molar-refractivity contribution < 1.29 is 19.1 Å². The number of ether oxygens (including phenoxy) is 2. The van der Waals surface area contributed by atoms with Gasteiger partial charge in [0.25, 0.3) is 5.91 Å². The van der Waals surface area contributed by atoms with Crippen molar-refractivity contribution in [2.75, 3.05) is 13.8 Å². The summed E-state index contributed by atoms with van der Waals surface area (Å²) in [6.07, 6.45) is 1.96. The van der Waals surface area contributed by atoms with Gasteiger partial charge >= 0.3 is 0 Å². The molecular formula is C25H22N2O4. The second kappa shape index (κ2) is 7.54. The number of fused-ring (bicyclic) bond motifs is 1. The number of aromatic nitrogens is 1. The van der Waals surface area contributed by atoms with Crippen molar-refractivity contribution in [3.05, 3.63) is 77.5 Å². The molecule has 0 unspecified atom stereocenters. The zero-order valence-electron chi connectivity index (χ0n) is 17.2. The Hall–Kier alpha value is -3.67. The van der Waals surface area contributed by atoms with Crippen molar-refractivity contribution in [2.24, 2.45) is 0 Å². The minimum Gasteiger partial charge on any atom is -0.454 e. The van der Waals surface area contributed by atoms with E-state index in [1.54, 1.807) is 19.2 Å². The third-order valence-electron chi connectivity index (χ3n) is 6.03. The van der Waals surface area contributed by atoms with E-state index in [2.05, 4.69) is 5.32 Å². The Morgan fingerprint density at radius 3 is 2.52 bits per heavy atom. The zero-order chi connectivity index (χ0) is 21.4. The van der Waals surface area contributed by atoms with Crippen LogP contribution in [-0.4, -0.2) is 30.5 Å². The van der Waals surface area contributed by atoms with Gasteiger partial charge in [0.1, 0.15) is 5.78 Å². The normalized spacial score (nSPS) is 15.4. The molecule has 2 aromatic carbocycles. The lowest BCUT2D eigenvalue weighted by Crippen LogP contribution is -2.23. The second-order valence-electron chi connectivity index (χ2n) is 7.92. The first-order valence-electron chi connectivity index (χ1n) is 10.3. The summed E-state index contributed by atoms with van der Waals surface area (Å²) >= 11 is 0. The number of nitrogens with zero attached hydrogens (tertiary/aromatic N) is 1. The van der Waals surface area contributed by atoms with Crippen molar-refractivity contribution in [3.8, 4) is 22.8 Å². The molecule has 0 saturated heterocycles. The zero-order valence-corrected chi connectivity index (χ0v) is 17.2. The minimum absolute atomic E-state index is 0.128. The highest BCUT2D eigenvalue weighted by Crippen LogP contribution is 2.51. The first kappa shape index (κ1) is 19.3. The molecule has 1 aliphatic carbocycles. The van der Waals surface area contributed by atoms with Crippen LogP contribution in [0.15, 0.2) is 60.7 Å². The molecular weight excluding hydrogens is 392 g/mol. The van der Waals surface area contributed by atoms with Crippen LogP contribution in [-0.2, 0) is 16.6 Å². The molecule has 5 rings (SSSR count). The Kier molecular flexibility index (Phi) is 4.70. The molecule has 1 aromatic heterocycles. The summed E-state index contributed by atoms with van der Waals surface area (Å²) in [5, 5.41) is 2.61. The SMILES string of the molecule is CNC(=O)c1ccc(-c2cccc(CC(=O)C3(c4ccc5c(c4)OCO5)CC3)n2)cc1. The first-order valence-corrected chi connectivity index (χ1v) is 10.3. The fourth-order valence-electron chi connectivity index (χ4n) is 4.06. The van der Waals surface area contributed by atoms with Crippen LogP contribution < -0.4 is 14.8 Å². The summed E-state index contributed by atoms with van der Waals surface area (Å²) in [5.74, 6) is 1.48. The van der Waals surface area contributed by atoms with Crippen molar-refractivity contribution in [1.29, 1.82) is 0 Å². The molecule has 3 aromatic rings. The molecule has 0 bridgehead atoms. The van der Waals surface area contributed by atoms with E-state index in [1.807, 2.05) is 48.5 Å². The van der Waals surface area contributed by atoms with Gasteiger partial charge in [0.05, 0.1) is 11.1 Å². The first-order chi connectivity index (χ1) is 15.1. The van der Waals surface area contributed by atoms with Crippen LogP contribution in [0.1, 0.15) is 34.5 Å². The fraction of sp³-hybridized carbons (Fsp3) is 0.240. The molecule has 2 heterocycles. The van der Waals surface area contributed by atoms with Crippen LogP contribution in [0.4, 0.5) is 0 Å². The molecule has 0 radical (unpaired) electrons. The number of pyridine rings is 1. The second-order valence-corrected chi connectivity index (χ2v) is 7.92. The van der Waals surface area contributed by atoms with E-state index in [4.69, 9.17) is 14.5 Å². The molecule has 0 spiro atoms. The number of ketones is 1. The Labute approximate surface area is 180 Å². The molecule has 1 saturated carbocycles. The Morgan fingerprint density at radius 2 is 1.77 bits per heavy atom. The molecule has 1 N–H and O–H groups in total. The predicted molar refractivity (Wildman–Crippen MR) is 115 cm³/mol. The van der Waals surface area contributed by atoms with E-state index in [0.29, 0.717) is 11.3 Å². The number of amides is 1. The van der Waals surface area contributed by atoms with Gasteiger partial charge in [-0.05, 0) is 54.8 Å². The highest BCUT2D eigenvalue weighted by molar-refractivity contribution is 5.95. The molecule has 31 heavy (non-hydrogen) atoms. The van der Waals surface area contributed by atoms with Crippen LogP contribution in [0.3, 0.4) is 0 Å². The number of benzene rings is 2. The van der Waals surface area contributed by atoms with Crippen LogP contribution in [0.2, 0.25) is 0 Å². The van der Waals surface area contributed by atoms with Gasteiger partial charge in [0, 0.05) is 30.3 Å². The topological polar surface area (TPSA) is 77.5 Å². The lowest BCUT2D eigenvalue weighted by atomic mass is 9.88. The smallest absolute Gasteiger partial charge is 0.251 e. The molecule has 1 amide bonds. The minimum atomic E-state index is -0.451. The van der Waals surface area contributed by atoms with Gasteiger partial charge in [-0.1, -0.05) is 24.3 Å². The van der Waals surface area contributed by atoms with Gasteiger partial charge in [0.2, 0.25) is 6.79 Å². The van der Waals surface area contributed by atoms with E-state index in [1.165, 1.54) is 0 Å². The Balaban J connectivity index is 1.35. The van der Waals surface area contributed by atoms with Crippen LogP contribution in [0, 0.1) is 0 Å². The molecule has 1 fully saturated rings. The highest BCUT2D eigenvalue weighted by Gasteiger charge is 2.50. The Bertz CT molecular complexity index is 1170. The predicted octanol–water partition coefficient (Wildman–Crippen LogP) is 3.68. The van der Waals surface area contributed by atoms with E-state index in [-0.39, 0.29) is 24.9 Å².